The van der Waals surface area contributed by atoms with Crippen molar-refractivity contribution < 1.29 is 28.6 Å². The minimum absolute atomic E-state index is 0.0850. The summed E-state index contributed by atoms with van der Waals surface area (Å²) in [6, 6.07) is 2.08. The fourth-order valence-corrected chi connectivity index (χ4v) is 2.22. The van der Waals surface area contributed by atoms with Gasteiger partial charge in [0.15, 0.2) is 18.1 Å². The Balaban J connectivity index is 2.54. The highest BCUT2D eigenvalue weighted by Gasteiger charge is 2.17. The van der Waals surface area contributed by atoms with Gasteiger partial charge in [0.1, 0.15) is 0 Å². The molecule has 1 aromatic rings. The van der Waals surface area contributed by atoms with Gasteiger partial charge in [-0.15, -0.1) is 0 Å². The molecule has 2 N–H and O–H groups in total. The Morgan fingerprint density at radius 2 is 1.85 bits per heavy atom. The number of benzene rings is 1. The third-order valence-corrected chi connectivity index (χ3v) is 3.54. The first-order valence-corrected chi connectivity index (χ1v) is 8.32. The lowest BCUT2D eigenvalue weighted by atomic mass is 10.1. The van der Waals surface area contributed by atoms with Crippen LogP contribution in [-0.2, 0) is 9.53 Å². The van der Waals surface area contributed by atoms with Crippen molar-refractivity contribution >= 4 is 29.5 Å². The number of nitrogens with one attached hydrogen (secondary N) is 2. The molecule has 1 aromatic carbocycles. The molecule has 1 rings (SSSR count). The van der Waals surface area contributed by atoms with Crippen LogP contribution in [0.25, 0.3) is 0 Å². The van der Waals surface area contributed by atoms with E-state index in [0.29, 0.717) is 12.5 Å². The third kappa shape index (κ3) is 6.79. The second-order valence-corrected chi connectivity index (χ2v) is 6.16. The van der Waals surface area contributed by atoms with Crippen LogP contribution < -0.4 is 20.1 Å². The summed E-state index contributed by atoms with van der Waals surface area (Å²) >= 11 is 6.01. The number of hydrogen-bond donors (Lipinski definition) is 2. The van der Waals surface area contributed by atoms with E-state index in [0.717, 1.165) is 6.42 Å². The molecule has 0 atom stereocenters. The highest BCUT2D eigenvalue weighted by Crippen LogP contribution is 2.36. The zero-order chi connectivity index (χ0) is 19.7. The fourth-order valence-electron chi connectivity index (χ4n) is 1.93. The van der Waals surface area contributed by atoms with Crippen molar-refractivity contribution in [1.29, 1.82) is 0 Å². The Hall–Kier alpha value is -2.48. The van der Waals surface area contributed by atoms with Gasteiger partial charge in [-0.25, -0.2) is 9.59 Å². The van der Waals surface area contributed by atoms with Crippen LogP contribution in [0.15, 0.2) is 12.1 Å². The number of hydrogen-bond acceptors (Lipinski definition) is 6. The molecule has 144 valence electrons. The first kappa shape index (κ1) is 21.6. The molecule has 0 fully saturated rings. The van der Waals surface area contributed by atoms with E-state index >= 15 is 0 Å². The van der Waals surface area contributed by atoms with Crippen LogP contribution >= 0.6 is 11.6 Å². The number of ether oxygens (including phenoxy) is 3. The number of methoxy groups -OCH3 is 2. The van der Waals surface area contributed by atoms with E-state index in [-0.39, 0.29) is 22.1 Å². The predicted octanol–water partition coefficient (Wildman–Crippen LogP) is 2.39. The number of carbonyl (C=O) groups is 3. The molecule has 0 heterocycles. The summed E-state index contributed by atoms with van der Waals surface area (Å²) in [6.07, 6.45) is 0.788. The molecule has 0 aliphatic rings. The third-order valence-electron chi connectivity index (χ3n) is 3.26. The summed E-state index contributed by atoms with van der Waals surface area (Å²) < 4.78 is 15.0. The number of urea groups is 1. The molecule has 0 aliphatic heterocycles. The van der Waals surface area contributed by atoms with Crippen LogP contribution in [0.3, 0.4) is 0 Å². The lowest BCUT2D eigenvalue weighted by Crippen LogP contribution is -2.41. The molecule has 0 spiro atoms. The van der Waals surface area contributed by atoms with Crippen molar-refractivity contribution in [3.05, 3.63) is 22.7 Å². The smallest absolute Gasteiger partial charge is 0.338 e. The number of halogens is 1. The largest absolute Gasteiger partial charge is 0.493 e. The molecule has 0 saturated carbocycles. The van der Waals surface area contributed by atoms with Crippen LogP contribution in [0.4, 0.5) is 4.79 Å². The van der Waals surface area contributed by atoms with Gasteiger partial charge in [0, 0.05) is 6.54 Å². The van der Waals surface area contributed by atoms with Crippen LogP contribution in [-0.4, -0.2) is 45.3 Å². The number of carbonyl (C=O) groups excluding carboxylic acids is 3. The topological polar surface area (TPSA) is 103 Å². The summed E-state index contributed by atoms with van der Waals surface area (Å²) in [6.45, 7) is 3.87. The van der Waals surface area contributed by atoms with Crippen LogP contribution in [0.1, 0.15) is 30.6 Å². The maximum atomic E-state index is 12.0. The standard InChI is InChI=1S/C17H23ClN2O6/c1-10(2)5-6-19-17(23)20-14(21)9-26-16(22)11-7-12(18)15(25-4)13(8-11)24-3/h7-8,10H,5-6,9H2,1-4H3,(H2,19,20,21,23). The summed E-state index contributed by atoms with van der Waals surface area (Å²) in [7, 11) is 2.81. The molecule has 0 saturated heterocycles. The van der Waals surface area contributed by atoms with Gasteiger partial charge in [0.25, 0.3) is 5.91 Å². The van der Waals surface area contributed by atoms with Crippen LogP contribution in [0.5, 0.6) is 11.5 Å². The minimum Gasteiger partial charge on any atom is -0.493 e. The van der Waals surface area contributed by atoms with Gasteiger partial charge in [-0.2, -0.15) is 0 Å². The highest BCUT2D eigenvalue weighted by molar-refractivity contribution is 6.32. The Morgan fingerprint density at radius 3 is 2.42 bits per heavy atom. The molecule has 0 unspecified atom stereocenters. The summed E-state index contributed by atoms with van der Waals surface area (Å²) in [4.78, 5) is 35.2. The number of rotatable bonds is 8. The second kappa shape index (κ2) is 10.5. The number of amides is 3. The second-order valence-electron chi connectivity index (χ2n) is 5.76. The number of esters is 1. The zero-order valence-corrected chi connectivity index (χ0v) is 15.9. The molecular weight excluding hydrogens is 364 g/mol. The Labute approximate surface area is 157 Å². The molecular formula is C17H23ClN2O6. The fraction of sp³-hybridized carbons (Fsp3) is 0.471. The van der Waals surface area contributed by atoms with E-state index in [4.69, 9.17) is 25.8 Å². The van der Waals surface area contributed by atoms with Gasteiger partial charge in [0.05, 0.1) is 24.8 Å². The van der Waals surface area contributed by atoms with E-state index in [1.54, 1.807) is 0 Å². The maximum Gasteiger partial charge on any atom is 0.338 e. The van der Waals surface area contributed by atoms with Gasteiger partial charge >= 0.3 is 12.0 Å². The van der Waals surface area contributed by atoms with E-state index in [1.807, 2.05) is 13.8 Å². The monoisotopic (exact) mass is 386 g/mol. The normalized spacial score (nSPS) is 10.2. The van der Waals surface area contributed by atoms with Gasteiger partial charge in [0.2, 0.25) is 0 Å². The number of imide groups is 1. The first-order chi connectivity index (χ1) is 12.3. The van der Waals surface area contributed by atoms with Crippen molar-refractivity contribution in [3.8, 4) is 11.5 Å². The van der Waals surface area contributed by atoms with Gasteiger partial charge in [-0.05, 0) is 24.5 Å². The average Bonchev–Trinajstić information content (AvgIpc) is 2.58. The van der Waals surface area contributed by atoms with E-state index < -0.39 is 24.5 Å². The highest BCUT2D eigenvalue weighted by atomic mass is 35.5. The van der Waals surface area contributed by atoms with E-state index in [9.17, 15) is 14.4 Å². The molecule has 0 aromatic heterocycles. The van der Waals surface area contributed by atoms with E-state index in [1.165, 1.54) is 26.4 Å². The lowest BCUT2D eigenvalue weighted by Gasteiger charge is -2.11. The predicted molar refractivity (Wildman–Crippen MR) is 95.8 cm³/mol. The summed E-state index contributed by atoms with van der Waals surface area (Å²) in [5, 5.41) is 4.78. The first-order valence-electron chi connectivity index (χ1n) is 7.94. The van der Waals surface area contributed by atoms with Crippen molar-refractivity contribution in [2.24, 2.45) is 5.92 Å². The van der Waals surface area contributed by atoms with Crippen LogP contribution in [0, 0.1) is 5.92 Å². The van der Waals surface area contributed by atoms with Crippen molar-refractivity contribution in [2.45, 2.75) is 20.3 Å². The SMILES string of the molecule is COc1cc(C(=O)OCC(=O)NC(=O)NCCC(C)C)cc(Cl)c1OC. The van der Waals surface area contributed by atoms with E-state index in [2.05, 4.69) is 10.6 Å². The molecule has 0 aliphatic carbocycles. The Kier molecular flexibility index (Phi) is 8.71. The van der Waals surface area contributed by atoms with Gasteiger partial charge in [-0.3, -0.25) is 10.1 Å². The van der Waals surface area contributed by atoms with Crippen molar-refractivity contribution in [1.82, 2.24) is 10.6 Å². The molecule has 0 bridgehead atoms. The van der Waals surface area contributed by atoms with Crippen molar-refractivity contribution in [2.75, 3.05) is 27.4 Å². The van der Waals surface area contributed by atoms with Crippen LogP contribution in [0.2, 0.25) is 5.02 Å². The summed E-state index contributed by atoms with van der Waals surface area (Å²) in [5.41, 5.74) is 0.0850. The molecule has 9 heteroatoms. The minimum atomic E-state index is -0.789. The molecule has 26 heavy (non-hydrogen) atoms. The molecule has 8 nitrogen and oxygen atoms in total. The van der Waals surface area contributed by atoms with Gasteiger partial charge < -0.3 is 19.5 Å². The Morgan fingerprint density at radius 1 is 1.15 bits per heavy atom. The zero-order valence-electron chi connectivity index (χ0n) is 15.2. The molecule has 3 amide bonds. The quantitative estimate of drug-likeness (QED) is 0.665. The Bertz CT molecular complexity index is 663. The lowest BCUT2D eigenvalue weighted by molar-refractivity contribution is -0.123. The maximum absolute atomic E-state index is 12.0. The average molecular weight is 387 g/mol. The van der Waals surface area contributed by atoms with Gasteiger partial charge in [-0.1, -0.05) is 25.4 Å². The molecule has 0 radical (unpaired) electrons. The summed E-state index contributed by atoms with van der Waals surface area (Å²) in [5.74, 6) is -0.571. The van der Waals surface area contributed by atoms with Crippen molar-refractivity contribution in [3.63, 3.8) is 0 Å².